The van der Waals surface area contributed by atoms with Gasteiger partial charge in [0.1, 0.15) is 17.7 Å². The number of hydrogen-bond donors (Lipinski definition) is 3. The van der Waals surface area contributed by atoms with Crippen LogP contribution in [0, 0.1) is 13.8 Å². The minimum atomic E-state index is -1.26. The maximum Gasteiger partial charge on any atom is 0.408 e. The molecule has 0 aliphatic heterocycles. The fraction of sp³-hybridized carbons (Fsp3) is 0.667. The summed E-state index contributed by atoms with van der Waals surface area (Å²) in [7, 11) is 0. The van der Waals surface area contributed by atoms with Crippen molar-refractivity contribution in [2.24, 2.45) is 0 Å². The van der Waals surface area contributed by atoms with Crippen molar-refractivity contribution >= 4 is 17.9 Å². The Hall–Kier alpha value is -2.61. The number of benzene rings is 1. The van der Waals surface area contributed by atoms with E-state index in [0.29, 0.717) is 12.0 Å². The molecule has 0 fully saturated rings. The Morgan fingerprint density at radius 3 is 2.23 bits per heavy atom. The van der Waals surface area contributed by atoms with Gasteiger partial charge in [-0.2, -0.15) is 0 Å². The summed E-state index contributed by atoms with van der Waals surface area (Å²) in [6.45, 7) is 16.2. The van der Waals surface area contributed by atoms with Crippen molar-refractivity contribution in [1.29, 1.82) is 0 Å². The van der Waals surface area contributed by atoms with Crippen LogP contribution < -0.4 is 10.6 Å². The summed E-state index contributed by atoms with van der Waals surface area (Å²) < 4.78 is 5.28. The van der Waals surface area contributed by atoms with Gasteiger partial charge in [0.2, 0.25) is 11.8 Å². The third-order valence-electron chi connectivity index (χ3n) is 6.07. The number of nitrogens with zero attached hydrogens (tertiary/aromatic N) is 1. The lowest BCUT2D eigenvalue weighted by atomic mass is 9.93. The van der Waals surface area contributed by atoms with E-state index in [0.717, 1.165) is 24.0 Å². The van der Waals surface area contributed by atoms with Gasteiger partial charge >= 0.3 is 6.09 Å². The Bertz CT molecular complexity index is 865. The van der Waals surface area contributed by atoms with E-state index in [9.17, 15) is 19.5 Å². The molecule has 0 saturated heterocycles. The highest BCUT2D eigenvalue weighted by Gasteiger charge is 2.39. The van der Waals surface area contributed by atoms with Crippen molar-refractivity contribution in [1.82, 2.24) is 15.5 Å². The third-order valence-corrected chi connectivity index (χ3v) is 6.07. The number of aryl methyl sites for hydroxylation is 1. The SMILES string of the molecule is CCCC(C)NC(=O)C(c1cccc(C)c1C)N(C(=O)C(CO)NC(=O)OC(C)(C)C)C(C)CC. The van der Waals surface area contributed by atoms with E-state index in [4.69, 9.17) is 4.74 Å². The topological polar surface area (TPSA) is 108 Å². The van der Waals surface area contributed by atoms with Gasteiger partial charge in [-0.3, -0.25) is 9.59 Å². The van der Waals surface area contributed by atoms with Gasteiger partial charge in [-0.1, -0.05) is 38.5 Å². The second kappa shape index (κ2) is 13.5. The smallest absolute Gasteiger partial charge is 0.408 e. The van der Waals surface area contributed by atoms with Crippen LogP contribution in [0.5, 0.6) is 0 Å². The first-order valence-corrected chi connectivity index (χ1v) is 12.6. The monoisotopic (exact) mass is 491 g/mol. The highest BCUT2D eigenvalue weighted by atomic mass is 16.6. The van der Waals surface area contributed by atoms with Crippen LogP contribution in [0.25, 0.3) is 0 Å². The van der Waals surface area contributed by atoms with Crippen molar-refractivity contribution in [2.75, 3.05) is 6.61 Å². The quantitative estimate of drug-likeness (QED) is 0.431. The third kappa shape index (κ3) is 8.84. The Morgan fingerprint density at radius 1 is 1.09 bits per heavy atom. The van der Waals surface area contributed by atoms with E-state index < -0.39 is 36.3 Å². The zero-order valence-electron chi connectivity index (χ0n) is 22.9. The van der Waals surface area contributed by atoms with E-state index in [1.807, 2.05) is 59.7 Å². The number of alkyl carbamates (subject to hydrolysis) is 1. The van der Waals surface area contributed by atoms with Gasteiger partial charge in [0, 0.05) is 12.1 Å². The molecule has 1 aromatic carbocycles. The number of nitrogens with one attached hydrogen (secondary N) is 2. The summed E-state index contributed by atoms with van der Waals surface area (Å²) >= 11 is 0. The standard InChI is InChI=1S/C27H45N3O5/c1-10-13-18(4)28-24(32)23(21-15-12-14-17(3)20(21)6)30(19(5)11-2)25(33)22(16-31)29-26(34)35-27(7,8)9/h12,14-15,18-19,22-23,31H,10-11,13,16H2,1-9H3,(H,28,32)(H,29,34). The van der Waals surface area contributed by atoms with Gasteiger partial charge in [-0.05, 0) is 78.0 Å². The Labute approximate surface area is 210 Å². The lowest BCUT2D eigenvalue weighted by Crippen LogP contribution is -2.57. The number of rotatable bonds is 11. The highest BCUT2D eigenvalue weighted by molar-refractivity contribution is 5.92. The van der Waals surface area contributed by atoms with Crippen molar-refractivity contribution in [2.45, 2.75) is 111 Å². The van der Waals surface area contributed by atoms with Crippen LogP contribution in [0.4, 0.5) is 4.79 Å². The molecule has 198 valence electrons. The zero-order chi connectivity index (χ0) is 26.9. The molecule has 0 radical (unpaired) electrons. The van der Waals surface area contributed by atoms with Crippen LogP contribution in [-0.2, 0) is 14.3 Å². The lowest BCUT2D eigenvalue weighted by Gasteiger charge is -2.39. The summed E-state index contributed by atoms with van der Waals surface area (Å²) in [5, 5.41) is 15.6. The van der Waals surface area contributed by atoms with Crippen molar-refractivity contribution < 1.29 is 24.2 Å². The minimum Gasteiger partial charge on any atom is -0.444 e. The van der Waals surface area contributed by atoms with Crippen LogP contribution >= 0.6 is 0 Å². The number of aliphatic hydroxyl groups is 1. The molecule has 3 amide bonds. The predicted molar refractivity (Wildman–Crippen MR) is 138 cm³/mol. The molecule has 0 saturated carbocycles. The van der Waals surface area contributed by atoms with Crippen LogP contribution in [0.2, 0.25) is 0 Å². The number of carbonyl (C=O) groups is 3. The maximum absolute atomic E-state index is 13.8. The van der Waals surface area contributed by atoms with Gasteiger partial charge in [0.25, 0.3) is 0 Å². The van der Waals surface area contributed by atoms with Crippen LogP contribution in [-0.4, -0.2) is 58.2 Å². The summed E-state index contributed by atoms with van der Waals surface area (Å²) in [5.74, 6) is -0.834. The van der Waals surface area contributed by atoms with Crippen molar-refractivity contribution in [3.63, 3.8) is 0 Å². The van der Waals surface area contributed by atoms with E-state index in [1.54, 1.807) is 20.8 Å². The summed E-state index contributed by atoms with van der Waals surface area (Å²) in [6.07, 6.45) is 1.49. The van der Waals surface area contributed by atoms with E-state index >= 15 is 0 Å². The van der Waals surface area contributed by atoms with Gasteiger partial charge in [-0.25, -0.2) is 4.79 Å². The highest BCUT2D eigenvalue weighted by Crippen LogP contribution is 2.30. The molecule has 0 bridgehead atoms. The first-order valence-electron chi connectivity index (χ1n) is 12.6. The Morgan fingerprint density at radius 2 is 1.71 bits per heavy atom. The predicted octanol–water partition coefficient (Wildman–Crippen LogP) is 4.16. The molecule has 1 rings (SSSR count). The van der Waals surface area contributed by atoms with Gasteiger partial charge in [-0.15, -0.1) is 0 Å². The fourth-order valence-corrected chi connectivity index (χ4v) is 3.93. The Balaban J connectivity index is 3.52. The number of aliphatic hydroxyl groups excluding tert-OH is 1. The Kier molecular flexibility index (Phi) is 11.7. The molecule has 3 N–H and O–H groups in total. The summed E-state index contributed by atoms with van der Waals surface area (Å²) in [6, 6.07) is 3.10. The molecule has 0 aliphatic rings. The second-order valence-corrected chi connectivity index (χ2v) is 10.3. The minimum absolute atomic E-state index is 0.0671. The molecule has 8 heteroatoms. The van der Waals surface area contributed by atoms with Crippen LogP contribution in [0.1, 0.15) is 90.5 Å². The van der Waals surface area contributed by atoms with Gasteiger partial charge in [0.15, 0.2) is 0 Å². The second-order valence-electron chi connectivity index (χ2n) is 10.3. The number of carbonyl (C=O) groups excluding carboxylic acids is 3. The molecular formula is C27H45N3O5. The fourth-order valence-electron chi connectivity index (χ4n) is 3.93. The number of ether oxygens (including phenoxy) is 1. The molecule has 0 spiro atoms. The van der Waals surface area contributed by atoms with Gasteiger partial charge < -0.3 is 25.4 Å². The van der Waals surface area contributed by atoms with Gasteiger partial charge in [0.05, 0.1) is 6.61 Å². The van der Waals surface area contributed by atoms with E-state index in [2.05, 4.69) is 10.6 Å². The largest absolute Gasteiger partial charge is 0.444 e. The van der Waals surface area contributed by atoms with Crippen molar-refractivity contribution in [3.8, 4) is 0 Å². The maximum atomic E-state index is 13.8. The van der Waals surface area contributed by atoms with Crippen LogP contribution in [0.3, 0.4) is 0 Å². The average molecular weight is 492 g/mol. The molecule has 8 nitrogen and oxygen atoms in total. The van der Waals surface area contributed by atoms with E-state index in [-0.39, 0.29) is 18.0 Å². The zero-order valence-corrected chi connectivity index (χ0v) is 22.9. The number of hydrogen-bond acceptors (Lipinski definition) is 5. The molecule has 0 aliphatic carbocycles. The molecule has 1 aromatic rings. The molecule has 4 unspecified atom stereocenters. The normalized spacial score (nSPS) is 14.9. The number of amides is 3. The van der Waals surface area contributed by atoms with Crippen molar-refractivity contribution in [3.05, 3.63) is 34.9 Å². The molecule has 35 heavy (non-hydrogen) atoms. The van der Waals surface area contributed by atoms with Crippen LogP contribution in [0.15, 0.2) is 18.2 Å². The first kappa shape index (κ1) is 30.4. The lowest BCUT2D eigenvalue weighted by molar-refractivity contribution is -0.146. The van der Waals surface area contributed by atoms with E-state index in [1.165, 1.54) is 4.90 Å². The average Bonchev–Trinajstić information content (AvgIpc) is 2.75. The first-order chi connectivity index (χ1) is 16.3. The summed E-state index contributed by atoms with van der Waals surface area (Å²) in [5.41, 5.74) is 1.87. The molecular weight excluding hydrogens is 446 g/mol. The molecule has 0 aromatic heterocycles. The molecule has 4 atom stereocenters. The molecule has 0 heterocycles. The summed E-state index contributed by atoms with van der Waals surface area (Å²) in [4.78, 5) is 41.4.